The molecular formula is C16H13FN+. The highest BCUT2D eigenvalue weighted by atomic mass is 19.1. The number of hydrogen-bond donors (Lipinski definition) is 0. The van der Waals surface area contributed by atoms with Gasteiger partial charge in [0.2, 0.25) is 5.52 Å². The molecule has 0 atom stereocenters. The van der Waals surface area contributed by atoms with Gasteiger partial charge < -0.3 is 0 Å². The van der Waals surface area contributed by atoms with E-state index in [1.807, 2.05) is 42.6 Å². The molecule has 3 rings (SSSR count). The maximum atomic E-state index is 13.7. The summed E-state index contributed by atoms with van der Waals surface area (Å²) in [6.45, 7) is 0.752. The van der Waals surface area contributed by atoms with Crippen LogP contribution in [0.3, 0.4) is 0 Å². The van der Waals surface area contributed by atoms with E-state index in [1.54, 1.807) is 6.07 Å². The Morgan fingerprint density at radius 1 is 0.833 bits per heavy atom. The summed E-state index contributed by atoms with van der Waals surface area (Å²) in [7, 11) is 0. The summed E-state index contributed by atoms with van der Waals surface area (Å²) in [5.74, 6) is -0.171. The van der Waals surface area contributed by atoms with Crippen LogP contribution in [0.1, 0.15) is 5.56 Å². The normalized spacial score (nSPS) is 10.7. The number of fused-ring (bicyclic) bond motifs is 1. The first-order chi connectivity index (χ1) is 8.84. The Labute approximate surface area is 105 Å². The fourth-order valence-corrected chi connectivity index (χ4v) is 2.18. The van der Waals surface area contributed by atoms with Crippen LogP contribution < -0.4 is 4.57 Å². The van der Waals surface area contributed by atoms with E-state index < -0.39 is 0 Å². The first-order valence-corrected chi connectivity index (χ1v) is 5.95. The minimum Gasteiger partial charge on any atom is -0.206 e. The van der Waals surface area contributed by atoms with Crippen molar-refractivity contribution in [3.63, 3.8) is 0 Å². The smallest absolute Gasteiger partial charge is 0.206 e. The van der Waals surface area contributed by atoms with Gasteiger partial charge in [0, 0.05) is 17.7 Å². The van der Waals surface area contributed by atoms with Crippen LogP contribution in [0.4, 0.5) is 4.39 Å². The van der Waals surface area contributed by atoms with Gasteiger partial charge in [0.1, 0.15) is 5.82 Å². The second-order valence-electron chi connectivity index (χ2n) is 4.29. The SMILES string of the molecule is Fc1cccc2c1ccc[n+]2Cc1ccccc1. The van der Waals surface area contributed by atoms with E-state index >= 15 is 0 Å². The van der Waals surface area contributed by atoms with E-state index in [-0.39, 0.29) is 5.82 Å². The van der Waals surface area contributed by atoms with E-state index in [2.05, 4.69) is 16.7 Å². The molecule has 1 aromatic heterocycles. The second kappa shape index (κ2) is 4.57. The van der Waals surface area contributed by atoms with Crippen molar-refractivity contribution in [2.45, 2.75) is 6.54 Å². The molecule has 18 heavy (non-hydrogen) atoms. The number of nitrogens with zero attached hydrogens (tertiary/aromatic N) is 1. The third-order valence-corrected chi connectivity index (χ3v) is 3.06. The topological polar surface area (TPSA) is 3.88 Å². The zero-order chi connectivity index (χ0) is 12.4. The van der Waals surface area contributed by atoms with Crippen LogP contribution in [0.15, 0.2) is 66.9 Å². The largest absolute Gasteiger partial charge is 0.215 e. The summed E-state index contributed by atoms with van der Waals surface area (Å²) in [6.07, 6.45) is 1.98. The standard InChI is InChI=1S/C16H13FN/c17-15-9-4-10-16-14(15)8-5-11-18(16)12-13-6-2-1-3-7-13/h1-11H,12H2/q+1. The van der Waals surface area contributed by atoms with Gasteiger partial charge >= 0.3 is 0 Å². The quantitative estimate of drug-likeness (QED) is 0.603. The summed E-state index contributed by atoms with van der Waals surface area (Å²) >= 11 is 0. The minimum atomic E-state index is -0.171. The van der Waals surface area contributed by atoms with Crippen LogP contribution in [-0.4, -0.2) is 0 Å². The van der Waals surface area contributed by atoms with Crippen molar-refractivity contribution in [3.8, 4) is 0 Å². The van der Waals surface area contributed by atoms with Gasteiger partial charge in [0.15, 0.2) is 12.7 Å². The predicted molar refractivity (Wildman–Crippen MR) is 69.6 cm³/mol. The van der Waals surface area contributed by atoms with Crippen LogP contribution in [0.5, 0.6) is 0 Å². The Bertz CT molecular complexity index is 677. The molecule has 0 aliphatic carbocycles. The van der Waals surface area contributed by atoms with Gasteiger partial charge in [-0.2, -0.15) is 4.57 Å². The molecule has 88 valence electrons. The Balaban J connectivity index is 2.10. The highest BCUT2D eigenvalue weighted by molar-refractivity contribution is 5.75. The first kappa shape index (κ1) is 10.9. The zero-order valence-electron chi connectivity index (χ0n) is 9.88. The van der Waals surface area contributed by atoms with Gasteiger partial charge in [0.25, 0.3) is 0 Å². The fourth-order valence-electron chi connectivity index (χ4n) is 2.18. The van der Waals surface area contributed by atoms with E-state index in [0.29, 0.717) is 5.39 Å². The zero-order valence-corrected chi connectivity index (χ0v) is 9.88. The fraction of sp³-hybridized carbons (Fsp3) is 0.0625. The molecule has 2 heteroatoms. The molecule has 0 radical (unpaired) electrons. The van der Waals surface area contributed by atoms with Crippen molar-refractivity contribution in [1.29, 1.82) is 0 Å². The summed E-state index contributed by atoms with van der Waals surface area (Å²) in [5.41, 5.74) is 2.13. The average molecular weight is 238 g/mol. The van der Waals surface area contributed by atoms with Crippen molar-refractivity contribution < 1.29 is 8.96 Å². The molecule has 0 unspecified atom stereocenters. The van der Waals surface area contributed by atoms with E-state index in [4.69, 9.17) is 0 Å². The summed E-state index contributed by atoms with van der Waals surface area (Å²) in [4.78, 5) is 0. The third kappa shape index (κ3) is 1.97. The number of halogens is 1. The predicted octanol–water partition coefficient (Wildman–Crippen LogP) is 3.31. The number of aromatic nitrogens is 1. The monoisotopic (exact) mass is 238 g/mol. The summed E-state index contributed by atoms with van der Waals surface area (Å²) in [6, 6.07) is 19.1. The molecule has 0 spiro atoms. The van der Waals surface area contributed by atoms with E-state index in [9.17, 15) is 4.39 Å². The molecule has 0 saturated heterocycles. The van der Waals surface area contributed by atoms with Gasteiger partial charge in [0.05, 0.1) is 5.39 Å². The third-order valence-electron chi connectivity index (χ3n) is 3.06. The number of rotatable bonds is 2. The van der Waals surface area contributed by atoms with Crippen LogP contribution in [0.2, 0.25) is 0 Å². The maximum Gasteiger partial charge on any atom is 0.215 e. The van der Waals surface area contributed by atoms with Gasteiger partial charge in [-0.1, -0.05) is 36.4 Å². The molecular weight excluding hydrogens is 225 g/mol. The number of benzene rings is 2. The van der Waals surface area contributed by atoms with Gasteiger partial charge in [-0.05, 0) is 12.1 Å². The maximum absolute atomic E-state index is 13.7. The van der Waals surface area contributed by atoms with Gasteiger partial charge in [-0.15, -0.1) is 0 Å². The van der Waals surface area contributed by atoms with Crippen molar-refractivity contribution >= 4 is 10.9 Å². The Morgan fingerprint density at radius 3 is 2.50 bits per heavy atom. The molecule has 0 aliphatic heterocycles. The van der Waals surface area contributed by atoms with Gasteiger partial charge in [-0.25, -0.2) is 4.39 Å². The highest BCUT2D eigenvalue weighted by Gasteiger charge is 2.11. The minimum absolute atomic E-state index is 0.171. The highest BCUT2D eigenvalue weighted by Crippen LogP contribution is 2.13. The Kier molecular flexibility index (Phi) is 2.77. The lowest BCUT2D eigenvalue weighted by Crippen LogP contribution is -2.34. The van der Waals surface area contributed by atoms with Crippen LogP contribution >= 0.6 is 0 Å². The van der Waals surface area contributed by atoms with Crippen molar-refractivity contribution in [2.24, 2.45) is 0 Å². The molecule has 0 aliphatic rings. The van der Waals surface area contributed by atoms with E-state index in [0.717, 1.165) is 12.1 Å². The molecule has 0 amide bonds. The molecule has 0 bridgehead atoms. The first-order valence-electron chi connectivity index (χ1n) is 5.95. The molecule has 0 saturated carbocycles. The van der Waals surface area contributed by atoms with E-state index in [1.165, 1.54) is 11.6 Å². The second-order valence-corrected chi connectivity index (χ2v) is 4.29. The average Bonchev–Trinajstić information content (AvgIpc) is 2.41. The molecule has 0 fully saturated rings. The lowest BCUT2D eigenvalue weighted by molar-refractivity contribution is -0.662. The molecule has 2 aromatic carbocycles. The lowest BCUT2D eigenvalue weighted by atomic mass is 10.2. The van der Waals surface area contributed by atoms with Crippen LogP contribution in [-0.2, 0) is 6.54 Å². The molecule has 3 aromatic rings. The Hall–Kier alpha value is -2.22. The molecule has 0 N–H and O–H groups in total. The van der Waals surface area contributed by atoms with Crippen LogP contribution in [0, 0.1) is 5.82 Å². The molecule has 1 nitrogen and oxygen atoms in total. The summed E-state index contributed by atoms with van der Waals surface area (Å²) < 4.78 is 15.8. The number of pyridine rings is 1. The molecule has 1 heterocycles. The Morgan fingerprint density at radius 2 is 1.67 bits per heavy atom. The van der Waals surface area contributed by atoms with Crippen LogP contribution in [0.25, 0.3) is 10.9 Å². The van der Waals surface area contributed by atoms with Crippen molar-refractivity contribution in [2.75, 3.05) is 0 Å². The summed E-state index contributed by atoms with van der Waals surface area (Å²) in [5, 5.41) is 0.663. The lowest BCUT2D eigenvalue weighted by Gasteiger charge is -2.02. The number of hydrogen-bond acceptors (Lipinski definition) is 0. The van der Waals surface area contributed by atoms with Crippen molar-refractivity contribution in [3.05, 3.63) is 78.2 Å². The van der Waals surface area contributed by atoms with Crippen molar-refractivity contribution in [1.82, 2.24) is 0 Å². The van der Waals surface area contributed by atoms with Gasteiger partial charge in [-0.3, -0.25) is 0 Å².